The first-order valence-electron chi connectivity index (χ1n) is 10.8. The number of nitriles is 1. The number of benzene rings is 1. The number of hydrazine groups is 1. The lowest BCUT2D eigenvalue weighted by atomic mass is 9.69. The molecule has 32 heavy (non-hydrogen) atoms. The zero-order chi connectivity index (χ0) is 23.0. The number of nitrogens with zero attached hydrogens (tertiary/aromatic N) is 3. The number of para-hydroxylation sites is 1. The fourth-order valence-corrected chi connectivity index (χ4v) is 5.02. The maximum Gasteiger partial charge on any atom is 0.164 e. The molecule has 4 rings (SSSR count). The highest BCUT2D eigenvalue weighted by molar-refractivity contribution is 6.00. The predicted octanol–water partition coefficient (Wildman–Crippen LogP) is 2.69. The molecule has 8 heteroatoms. The third-order valence-corrected chi connectivity index (χ3v) is 6.37. The first-order valence-corrected chi connectivity index (χ1v) is 10.8. The van der Waals surface area contributed by atoms with Gasteiger partial charge in [-0.3, -0.25) is 9.80 Å². The maximum atomic E-state index is 13.6. The van der Waals surface area contributed by atoms with E-state index in [4.69, 9.17) is 19.9 Å². The molecule has 0 aromatic heterocycles. The number of hydrogen-bond acceptors (Lipinski definition) is 8. The van der Waals surface area contributed by atoms with Gasteiger partial charge in [-0.1, -0.05) is 26.0 Å². The van der Waals surface area contributed by atoms with Crippen LogP contribution < -0.4 is 15.2 Å². The molecule has 2 heterocycles. The van der Waals surface area contributed by atoms with Crippen molar-refractivity contribution in [1.29, 1.82) is 5.26 Å². The van der Waals surface area contributed by atoms with E-state index in [0.29, 0.717) is 73.2 Å². The summed E-state index contributed by atoms with van der Waals surface area (Å²) in [6.07, 6.45) is 1.08. The second-order valence-electron chi connectivity index (χ2n) is 9.11. The number of methoxy groups -OCH3 is 2. The Kier molecular flexibility index (Phi) is 5.89. The molecule has 8 nitrogen and oxygen atoms in total. The van der Waals surface area contributed by atoms with Crippen LogP contribution in [0.4, 0.5) is 0 Å². The van der Waals surface area contributed by atoms with E-state index in [1.807, 2.05) is 17.1 Å². The molecular formula is C24H30N4O4. The monoisotopic (exact) mass is 438 g/mol. The van der Waals surface area contributed by atoms with Gasteiger partial charge >= 0.3 is 0 Å². The lowest BCUT2D eigenvalue weighted by Crippen LogP contribution is -2.53. The summed E-state index contributed by atoms with van der Waals surface area (Å²) in [6.45, 7) is 6.59. The molecule has 1 aliphatic carbocycles. The quantitative estimate of drug-likeness (QED) is 0.766. The first kappa shape index (κ1) is 22.2. The molecule has 1 atom stereocenters. The smallest absolute Gasteiger partial charge is 0.164 e. The van der Waals surface area contributed by atoms with Crippen molar-refractivity contribution in [3.8, 4) is 17.6 Å². The number of Topliss-reactive ketones (excluding diaryl/α,β-unsaturated/α-hetero) is 1. The molecular weight excluding hydrogens is 408 g/mol. The van der Waals surface area contributed by atoms with Crippen molar-refractivity contribution in [1.82, 2.24) is 10.0 Å². The second-order valence-corrected chi connectivity index (χ2v) is 9.11. The molecule has 0 unspecified atom stereocenters. The van der Waals surface area contributed by atoms with E-state index in [-0.39, 0.29) is 11.2 Å². The predicted molar refractivity (Wildman–Crippen MR) is 118 cm³/mol. The summed E-state index contributed by atoms with van der Waals surface area (Å²) in [5, 5.41) is 14.2. The summed E-state index contributed by atoms with van der Waals surface area (Å²) < 4.78 is 16.7. The van der Waals surface area contributed by atoms with Crippen LogP contribution in [0.1, 0.15) is 38.2 Å². The molecule has 3 aliphatic rings. The molecule has 0 saturated carbocycles. The summed E-state index contributed by atoms with van der Waals surface area (Å²) in [5.41, 5.74) is 8.99. The number of allylic oxidation sites excluding steroid dienone is 3. The third-order valence-electron chi connectivity index (χ3n) is 6.37. The van der Waals surface area contributed by atoms with Gasteiger partial charge in [-0.2, -0.15) is 5.26 Å². The maximum absolute atomic E-state index is 13.6. The summed E-state index contributed by atoms with van der Waals surface area (Å²) in [5.74, 6) is 0.825. The molecule has 1 aromatic carbocycles. The highest BCUT2D eigenvalue weighted by atomic mass is 16.5. The molecule has 2 N–H and O–H groups in total. The van der Waals surface area contributed by atoms with Crippen LogP contribution in [0.3, 0.4) is 0 Å². The molecule has 170 valence electrons. The van der Waals surface area contributed by atoms with Gasteiger partial charge < -0.3 is 19.9 Å². The minimum Gasteiger partial charge on any atom is -0.493 e. The van der Waals surface area contributed by atoms with Crippen molar-refractivity contribution in [3.05, 3.63) is 46.4 Å². The highest BCUT2D eigenvalue weighted by Gasteiger charge is 2.46. The van der Waals surface area contributed by atoms with E-state index in [9.17, 15) is 10.1 Å². The van der Waals surface area contributed by atoms with Gasteiger partial charge in [0.2, 0.25) is 0 Å². The van der Waals surface area contributed by atoms with E-state index in [0.717, 1.165) is 5.70 Å². The van der Waals surface area contributed by atoms with Crippen LogP contribution in [-0.4, -0.2) is 56.3 Å². The Morgan fingerprint density at radius 1 is 1.19 bits per heavy atom. The fraction of sp³-hybridized carbons (Fsp3) is 0.500. The van der Waals surface area contributed by atoms with Crippen molar-refractivity contribution < 1.29 is 19.0 Å². The standard InChI is InChI=1S/C24H30N4O4/c1-24(2)12-17-21(18(29)13-24)20(15-6-5-7-19(30-3)22(15)31-4)16(14-25)23(26)28(17)27-8-10-32-11-9-27/h5-7,20H,8-13,26H2,1-4H3/t20-/m0/s1. The number of ether oxygens (including phenoxy) is 3. The molecule has 0 spiro atoms. The molecule has 0 radical (unpaired) electrons. The molecule has 1 fully saturated rings. The molecule has 1 aromatic rings. The number of ketones is 1. The Morgan fingerprint density at radius 3 is 2.53 bits per heavy atom. The number of hydrogen-bond donors (Lipinski definition) is 1. The number of nitrogens with two attached hydrogens (primary N) is 1. The van der Waals surface area contributed by atoms with E-state index in [1.54, 1.807) is 20.3 Å². The van der Waals surface area contributed by atoms with Crippen LogP contribution >= 0.6 is 0 Å². The van der Waals surface area contributed by atoms with Crippen molar-refractivity contribution in [2.75, 3.05) is 40.5 Å². The van der Waals surface area contributed by atoms with Gasteiger partial charge in [0, 0.05) is 36.3 Å². The first-order chi connectivity index (χ1) is 15.3. The lowest BCUT2D eigenvalue weighted by molar-refractivity contribution is -0.119. The van der Waals surface area contributed by atoms with Crippen molar-refractivity contribution in [2.24, 2.45) is 11.1 Å². The number of morpholine rings is 1. The molecule has 0 bridgehead atoms. The van der Waals surface area contributed by atoms with E-state index in [2.05, 4.69) is 24.9 Å². The number of carbonyl (C=O) groups is 1. The normalized spacial score (nSPS) is 23.7. The Bertz CT molecular complexity index is 1030. The third kappa shape index (κ3) is 3.61. The van der Waals surface area contributed by atoms with Gasteiger partial charge in [0.25, 0.3) is 0 Å². The van der Waals surface area contributed by atoms with Gasteiger partial charge in [-0.15, -0.1) is 0 Å². The highest BCUT2D eigenvalue weighted by Crippen LogP contribution is 2.52. The Labute approximate surface area is 188 Å². The minimum atomic E-state index is -0.610. The van der Waals surface area contributed by atoms with Crippen molar-refractivity contribution in [2.45, 2.75) is 32.6 Å². The van der Waals surface area contributed by atoms with Crippen molar-refractivity contribution in [3.63, 3.8) is 0 Å². The zero-order valence-corrected chi connectivity index (χ0v) is 19.1. The summed E-state index contributed by atoms with van der Waals surface area (Å²) in [7, 11) is 3.13. The average molecular weight is 439 g/mol. The second kappa shape index (κ2) is 8.49. The van der Waals surface area contributed by atoms with Gasteiger partial charge in [0.15, 0.2) is 17.3 Å². The summed E-state index contributed by atoms with van der Waals surface area (Å²) >= 11 is 0. The molecule has 2 aliphatic heterocycles. The molecule has 0 amide bonds. The van der Waals surface area contributed by atoms with Crippen LogP contribution in [0.25, 0.3) is 0 Å². The topological polar surface area (TPSA) is 101 Å². The van der Waals surface area contributed by atoms with Crippen molar-refractivity contribution >= 4 is 5.78 Å². The van der Waals surface area contributed by atoms with E-state index >= 15 is 0 Å². The Balaban J connectivity index is 1.97. The van der Waals surface area contributed by atoms with Gasteiger partial charge in [0.05, 0.1) is 45.0 Å². The summed E-state index contributed by atoms with van der Waals surface area (Å²) in [6, 6.07) is 7.82. The van der Waals surface area contributed by atoms with Gasteiger partial charge in [-0.05, 0) is 17.9 Å². The zero-order valence-electron chi connectivity index (χ0n) is 19.1. The van der Waals surface area contributed by atoms with Crippen LogP contribution in [0.15, 0.2) is 40.9 Å². The molecule has 1 saturated heterocycles. The van der Waals surface area contributed by atoms with Crippen LogP contribution in [-0.2, 0) is 9.53 Å². The summed E-state index contributed by atoms with van der Waals surface area (Å²) in [4.78, 5) is 13.6. The van der Waals surface area contributed by atoms with E-state index in [1.165, 1.54) is 0 Å². The average Bonchev–Trinajstić information content (AvgIpc) is 2.77. The van der Waals surface area contributed by atoms with E-state index < -0.39 is 5.92 Å². The van der Waals surface area contributed by atoms with Crippen LogP contribution in [0.5, 0.6) is 11.5 Å². The number of rotatable bonds is 4. The van der Waals surface area contributed by atoms with Gasteiger partial charge in [-0.25, -0.2) is 5.01 Å². The minimum absolute atomic E-state index is 0.0321. The SMILES string of the molecule is COc1cccc([C@H]2C(C#N)=C(N)N(N3CCOCC3)C3=C2C(=O)CC(C)(C)C3)c1OC. The number of carbonyl (C=O) groups excluding carboxylic acids is 1. The Morgan fingerprint density at radius 2 is 1.91 bits per heavy atom. The lowest BCUT2D eigenvalue weighted by Gasteiger charge is -2.48. The fourth-order valence-electron chi connectivity index (χ4n) is 5.02. The van der Waals surface area contributed by atoms with Gasteiger partial charge in [0.1, 0.15) is 5.82 Å². The largest absolute Gasteiger partial charge is 0.493 e. The Hall–Kier alpha value is -3.02. The van der Waals surface area contributed by atoms with Crippen LogP contribution in [0, 0.1) is 16.7 Å². The van der Waals surface area contributed by atoms with Crippen LogP contribution in [0.2, 0.25) is 0 Å².